The van der Waals surface area contributed by atoms with E-state index in [-0.39, 0.29) is 5.91 Å². The summed E-state index contributed by atoms with van der Waals surface area (Å²) in [5.74, 6) is 0.221. The molecule has 0 aromatic rings. The van der Waals surface area contributed by atoms with Gasteiger partial charge in [-0.3, -0.25) is 4.79 Å². The molecule has 2 heterocycles. The number of ether oxygens (including phenoxy) is 1. The third-order valence-electron chi connectivity index (χ3n) is 3.80. The van der Waals surface area contributed by atoms with Crippen molar-refractivity contribution in [1.82, 2.24) is 5.32 Å². The van der Waals surface area contributed by atoms with Crippen LogP contribution in [0, 0.1) is 5.41 Å². The van der Waals surface area contributed by atoms with Crippen LogP contribution in [0.2, 0.25) is 0 Å². The molecule has 2 aliphatic rings. The number of carbonyl (C=O) groups excluding carboxylic acids is 1. The van der Waals surface area contributed by atoms with Gasteiger partial charge >= 0.3 is 0 Å². The molecule has 2 saturated heterocycles. The minimum Gasteiger partial charge on any atom is -0.378 e. The first-order chi connectivity index (χ1) is 7.24. The summed E-state index contributed by atoms with van der Waals surface area (Å²) >= 11 is 0. The topological polar surface area (TPSA) is 38.3 Å². The summed E-state index contributed by atoms with van der Waals surface area (Å²) in [7, 11) is 0. The molecule has 0 radical (unpaired) electrons. The van der Waals surface area contributed by atoms with Crippen LogP contribution in [0.25, 0.3) is 0 Å². The van der Waals surface area contributed by atoms with Gasteiger partial charge in [-0.2, -0.15) is 0 Å². The molecule has 0 bridgehead atoms. The lowest BCUT2D eigenvalue weighted by Gasteiger charge is -2.43. The normalized spacial score (nSPS) is 36.6. The second kappa shape index (κ2) is 4.52. The number of carbonyl (C=O) groups is 1. The van der Waals surface area contributed by atoms with Gasteiger partial charge in [0.1, 0.15) is 0 Å². The minimum atomic E-state index is 0.221. The number of piperidine rings is 1. The van der Waals surface area contributed by atoms with E-state index in [0.29, 0.717) is 17.9 Å². The van der Waals surface area contributed by atoms with Crippen LogP contribution in [0.5, 0.6) is 0 Å². The maximum atomic E-state index is 11.2. The summed E-state index contributed by atoms with van der Waals surface area (Å²) in [5, 5.41) is 3.01. The van der Waals surface area contributed by atoms with Crippen molar-refractivity contribution in [3.63, 3.8) is 0 Å². The summed E-state index contributed by atoms with van der Waals surface area (Å²) in [6, 6.07) is 0. The highest BCUT2D eigenvalue weighted by Gasteiger charge is 2.39. The zero-order chi connectivity index (χ0) is 10.7. The van der Waals surface area contributed by atoms with Gasteiger partial charge in [-0.25, -0.2) is 0 Å². The Morgan fingerprint density at radius 1 is 1.53 bits per heavy atom. The van der Waals surface area contributed by atoms with Gasteiger partial charge in [0.2, 0.25) is 5.91 Å². The van der Waals surface area contributed by atoms with Gasteiger partial charge in [0.15, 0.2) is 0 Å². The molecule has 2 aliphatic heterocycles. The summed E-state index contributed by atoms with van der Waals surface area (Å²) in [6.07, 6.45) is 6.80. The van der Waals surface area contributed by atoms with Crippen LogP contribution in [0.1, 0.15) is 45.4 Å². The van der Waals surface area contributed by atoms with E-state index in [4.69, 9.17) is 4.74 Å². The largest absolute Gasteiger partial charge is 0.378 e. The first-order valence-corrected chi connectivity index (χ1v) is 6.12. The van der Waals surface area contributed by atoms with Crippen LogP contribution in [-0.4, -0.2) is 25.2 Å². The summed E-state index contributed by atoms with van der Waals surface area (Å²) in [5.41, 5.74) is 0.353. The van der Waals surface area contributed by atoms with E-state index in [1.165, 1.54) is 6.42 Å². The summed E-state index contributed by atoms with van der Waals surface area (Å²) < 4.78 is 5.76. The fourth-order valence-electron chi connectivity index (χ4n) is 2.82. The highest BCUT2D eigenvalue weighted by atomic mass is 16.5. The third-order valence-corrected chi connectivity index (χ3v) is 3.80. The van der Waals surface area contributed by atoms with Crippen molar-refractivity contribution in [2.45, 2.75) is 51.6 Å². The molecule has 86 valence electrons. The standard InChI is InChI=1S/C12H21NO2/c1-2-3-10-8-12(6-7-15-10)5-4-11(14)13-9-12/h10H,2-9H2,1H3,(H,13,14). The zero-order valence-corrected chi connectivity index (χ0v) is 9.55. The van der Waals surface area contributed by atoms with Crippen LogP contribution < -0.4 is 5.32 Å². The molecular weight excluding hydrogens is 190 g/mol. The minimum absolute atomic E-state index is 0.221. The zero-order valence-electron chi connectivity index (χ0n) is 9.55. The van der Waals surface area contributed by atoms with Gasteiger partial charge < -0.3 is 10.1 Å². The second-order valence-electron chi connectivity index (χ2n) is 5.01. The predicted octanol–water partition coefficient (Wildman–Crippen LogP) is 1.86. The van der Waals surface area contributed by atoms with E-state index in [1.807, 2.05) is 0 Å². The maximum Gasteiger partial charge on any atom is 0.220 e. The summed E-state index contributed by atoms with van der Waals surface area (Å²) in [6.45, 7) is 3.95. The average molecular weight is 211 g/mol. The Hall–Kier alpha value is -0.570. The SMILES string of the molecule is CCCC1CC2(CCO1)CCC(=O)NC2. The Kier molecular flexibility index (Phi) is 3.29. The number of amides is 1. The molecule has 3 heteroatoms. The second-order valence-corrected chi connectivity index (χ2v) is 5.01. The molecule has 1 amide bonds. The van der Waals surface area contributed by atoms with E-state index in [2.05, 4.69) is 12.2 Å². The first-order valence-electron chi connectivity index (χ1n) is 6.12. The van der Waals surface area contributed by atoms with Gasteiger partial charge in [0, 0.05) is 19.6 Å². The number of hydrogen-bond acceptors (Lipinski definition) is 2. The van der Waals surface area contributed by atoms with Gasteiger partial charge in [0.05, 0.1) is 6.10 Å². The van der Waals surface area contributed by atoms with Gasteiger partial charge in [-0.05, 0) is 31.1 Å². The lowest BCUT2D eigenvalue weighted by atomic mass is 9.72. The number of hydrogen-bond donors (Lipinski definition) is 1. The molecule has 2 fully saturated rings. The smallest absolute Gasteiger partial charge is 0.220 e. The van der Waals surface area contributed by atoms with E-state index in [0.717, 1.165) is 38.8 Å². The van der Waals surface area contributed by atoms with Crippen molar-refractivity contribution < 1.29 is 9.53 Å². The molecule has 1 spiro atoms. The van der Waals surface area contributed by atoms with E-state index in [1.54, 1.807) is 0 Å². The molecule has 0 aromatic carbocycles. The quantitative estimate of drug-likeness (QED) is 0.757. The molecule has 2 atom stereocenters. The molecule has 1 N–H and O–H groups in total. The van der Waals surface area contributed by atoms with Crippen LogP contribution in [0.15, 0.2) is 0 Å². The fourth-order valence-corrected chi connectivity index (χ4v) is 2.82. The van der Waals surface area contributed by atoms with Crippen LogP contribution in [-0.2, 0) is 9.53 Å². The lowest BCUT2D eigenvalue weighted by molar-refractivity contribution is -0.128. The van der Waals surface area contributed by atoms with Crippen molar-refractivity contribution in [1.29, 1.82) is 0 Å². The van der Waals surface area contributed by atoms with Crippen molar-refractivity contribution >= 4 is 5.91 Å². The van der Waals surface area contributed by atoms with Crippen molar-refractivity contribution in [2.75, 3.05) is 13.2 Å². The Balaban J connectivity index is 1.93. The van der Waals surface area contributed by atoms with Gasteiger partial charge in [-0.15, -0.1) is 0 Å². The molecule has 0 aromatic heterocycles. The fraction of sp³-hybridized carbons (Fsp3) is 0.917. The average Bonchev–Trinajstić information content (AvgIpc) is 2.24. The van der Waals surface area contributed by atoms with E-state index >= 15 is 0 Å². The van der Waals surface area contributed by atoms with Gasteiger partial charge in [0.25, 0.3) is 0 Å². The summed E-state index contributed by atoms with van der Waals surface area (Å²) in [4.78, 5) is 11.2. The Morgan fingerprint density at radius 2 is 2.40 bits per heavy atom. The predicted molar refractivity (Wildman–Crippen MR) is 58.6 cm³/mol. The third kappa shape index (κ3) is 2.51. The van der Waals surface area contributed by atoms with Crippen LogP contribution in [0.3, 0.4) is 0 Å². The monoisotopic (exact) mass is 211 g/mol. The number of nitrogens with one attached hydrogen (secondary N) is 1. The Bertz CT molecular complexity index is 228. The molecule has 15 heavy (non-hydrogen) atoms. The van der Waals surface area contributed by atoms with E-state index < -0.39 is 0 Å². The first kappa shape index (κ1) is 10.9. The van der Waals surface area contributed by atoms with Crippen molar-refractivity contribution in [2.24, 2.45) is 5.41 Å². The number of rotatable bonds is 2. The van der Waals surface area contributed by atoms with Crippen molar-refractivity contribution in [3.05, 3.63) is 0 Å². The lowest BCUT2D eigenvalue weighted by Crippen LogP contribution is -2.48. The molecular formula is C12H21NO2. The molecule has 2 unspecified atom stereocenters. The Labute approximate surface area is 91.6 Å². The molecule has 2 rings (SSSR count). The van der Waals surface area contributed by atoms with Crippen molar-refractivity contribution in [3.8, 4) is 0 Å². The molecule has 0 aliphatic carbocycles. The Morgan fingerprint density at radius 3 is 3.07 bits per heavy atom. The molecule has 3 nitrogen and oxygen atoms in total. The highest BCUT2D eigenvalue weighted by Crippen LogP contribution is 2.40. The highest BCUT2D eigenvalue weighted by molar-refractivity contribution is 5.76. The molecule has 0 saturated carbocycles. The maximum absolute atomic E-state index is 11.2. The van der Waals surface area contributed by atoms with Crippen LogP contribution >= 0.6 is 0 Å². The van der Waals surface area contributed by atoms with Gasteiger partial charge in [-0.1, -0.05) is 13.3 Å². The van der Waals surface area contributed by atoms with Crippen LogP contribution in [0.4, 0.5) is 0 Å². The van der Waals surface area contributed by atoms with E-state index in [9.17, 15) is 4.79 Å².